The van der Waals surface area contributed by atoms with E-state index in [1.807, 2.05) is 31.2 Å². The maximum atomic E-state index is 12.5. The van der Waals surface area contributed by atoms with E-state index in [1.165, 1.54) is 63.9 Å². The van der Waals surface area contributed by atoms with Crippen LogP contribution in [0.1, 0.15) is 87.1 Å². The predicted molar refractivity (Wildman–Crippen MR) is 152 cm³/mol. The van der Waals surface area contributed by atoms with Crippen LogP contribution >= 0.6 is 0 Å². The average Bonchev–Trinajstić information content (AvgIpc) is 2.92. The number of esters is 1. The number of rotatable bonds is 16. The molecule has 0 radical (unpaired) electrons. The molecular weight excluding hydrogens is 476 g/mol. The second kappa shape index (κ2) is 16.2. The number of aryl methyl sites for hydroxylation is 1. The van der Waals surface area contributed by atoms with Crippen molar-refractivity contribution in [1.82, 2.24) is 0 Å². The smallest absolute Gasteiger partial charge is 0.343 e. The van der Waals surface area contributed by atoms with Crippen LogP contribution in [0.5, 0.6) is 17.2 Å². The third kappa shape index (κ3) is 10.4. The molecule has 0 fully saturated rings. The summed E-state index contributed by atoms with van der Waals surface area (Å²) >= 11 is 0. The van der Waals surface area contributed by atoms with Gasteiger partial charge in [-0.05, 0) is 61.9 Å². The maximum Gasteiger partial charge on any atom is 0.343 e. The summed E-state index contributed by atoms with van der Waals surface area (Å²) in [6.07, 6.45) is 12.9. The lowest BCUT2D eigenvalue weighted by Crippen LogP contribution is -2.08. The van der Waals surface area contributed by atoms with E-state index in [1.54, 1.807) is 36.4 Å². The van der Waals surface area contributed by atoms with Crippen LogP contribution in [-0.4, -0.2) is 17.7 Å². The normalized spacial score (nSPS) is 11.1. The molecule has 6 heteroatoms. The van der Waals surface area contributed by atoms with E-state index in [9.17, 15) is 9.90 Å². The Balaban J connectivity index is 1.37. The monoisotopic (exact) mass is 516 g/mol. The predicted octanol–water partition coefficient (Wildman–Crippen LogP) is 9.63. The summed E-state index contributed by atoms with van der Waals surface area (Å²) in [5.74, 6) is 0.322. The molecule has 3 aromatic carbocycles. The van der Waals surface area contributed by atoms with Crippen LogP contribution in [0.15, 0.2) is 77.0 Å². The van der Waals surface area contributed by atoms with Gasteiger partial charge in [0.2, 0.25) is 0 Å². The summed E-state index contributed by atoms with van der Waals surface area (Å²) in [5, 5.41) is 18.5. The molecule has 0 amide bonds. The van der Waals surface area contributed by atoms with Crippen molar-refractivity contribution in [2.45, 2.75) is 78.1 Å². The van der Waals surface area contributed by atoms with Crippen molar-refractivity contribution in [3.63, 3.8) is 0 Å². The molecule has 0 unspecified atom stereocenters. The van der Waals surface area contributed by atoms with Crippen molar-refractivity contribution >= 4 is 17.3 Å². The van der Waals surface area contributed by atoms with E-state index < -0.39 is 5.97 Å². The number of benzene rings is 3. The molecule has 6 nitrogen and oxygen atoms in total. The molecular formula is C32H40N2O4. The van der Waals surface area contributed by atoms with Crippen LogP contribution in [0, 0.1) is 6.92 Å². The van der Waals surface area contributed by atoms with Gasteiger partial charge >= 0.3 is 5.97 Å². The largest absolute Gasteiger partial charge is 0.505 e. The van der Waals surface area contributed by atoms with E-state index in [0.717, 1.165) is 17.7 Å². The number of carbonyl (C=O) groups is 1. The highest BCUT2D eigenvalue weighted by Gasteiger charge is 2.11. The van der Waals surface area contributed by atoms with Gasteiger partial charge in [-0.1, -0.05) is 82.4 Å². The number of unbranched alkanes of at least 4 members (excludes halogenated alkanes) is 9. The number of aromatic hydroxyl groups is 1. The van der Waals surface area contributed by atoms with E-state index in [4.69, 9.17) is 9.47 Å². The summed E-state index contributed by atoms with van der Waals surface area (Å²) < 4.78 is 11.2. The zero-order valence-electron chi connectivity index (χ0n) is 22.7. The van der Waals surface area contributed by atoms with E-state index in [2.05, 4.69) is 17.2 Å². The zero-order valence-corrected chi connectivity index (χ0v) is 22.7. The van der Waals surface area contributed by atoms with Crippen LogP contribution in [0.2, 0.25) is 0 Å². The van der Waals surface area contributed by atoms with Crippen LogP contribution in [0.4, 0.5) is 11.4 Å². The Hall–Kier alpha value is -3.67. The van der Waals surface area contributed by atoms with Gasteiger partial charge in [-0.3, -0.25) is 0 Å². The van der Waals surface area contributed by atoms with Crippen molar-refractivity contribution in [2.24, 2.45) is 10.2 Å². The van der Waals surface area contributed by atoms with Gasteiger partial charge in [0, 0.05) is 6.07 Å². The van der Waals surface area contributed by atoms with E-state index in [-0.39, 0.29) is 17.2 Å². The fourth-order valence-corrected chi connectivity index (χ4v) is 4.01. The third-order valence-electron chi connectivity index (χ3n) is 6.32. The number of ether oxygens (including phenoxy) is 2. The second-order valence-electron chi connectivity index (χ2n) is 9.63. The first kappa shape index (κ1) is 28.9. The van der Waals surface area contributed by atoms with Crippen molar-refractivity contribution in [2.75, 3.05) is 6.61 Å². The molecule has 3 rings (SSSR count). The summed E-state index contributed by atoms with van der Waals surface area (Å²) in [7, 11) is 0. The van der Waals surface area contributed by atoms with Crippen LogP contribution in [0.3, 0.4) is 0 Å². The molecule has 3 aromatic rings. The molecule has 0 bridgehead atoms. The van der Waals surface area contributed by atoms with Crippen molar-refractivity contribution in [1.29, 1.82) is 0 Å². The second-order valence-corrected chi connectivity index (χ2v) is 9.63. The summed E-state index contributed by atoms with van der Waals surface area (Å²) in [6, 6.07) is 19.0. The first-order valence-electron chi connectivity index (χ1n) is 13.8. The topological polar surface area (TPSA) is 80.5 Å². The highest BCUT2D eigenvalue weighted by molar-refractivity contribution is 5.91. The molecule has 0 saturated carbocycles. The Morgan fingerprint density at radius 1 is 0.737 bits per heavy atom. The number of phenolic OH excluding ortho intramolecular Hbond substituents is 1. The van der Waals surface area contributed by atoms with E-state index >= 15 is 0 Å². The molecule has 0 saturated heterocycles. The highest BCUT2D eigenvalue weighted by Crippen LogP contribution is 2.32. The number of nitrogens with zero attached hydrogens (tertiary/aromatic N) is 2. The standard InChI is InChI=1S/C32H40N2O4/c1-3-4-5-6-7-8-9-10-11-12-23-37-28-19-15-26(16-20-28)32(36)38-29-21-22-30(31(35)24-29)34-33-27-17-13-25(2)14-18-27/h13-22,24,35H,3-12,23H2,1-2H3. The third-order valence-corrected chi connectivity index (χ3v) is 6.32. The molecule has 1 N–H and O–H groups in total. The highest BCUT2D eigenvalue weighted by atomic mass is 16.5. The van der Waals surface area contributed by atoms with Crippen molar-refractivity contribution in [3.05, 3.63) is 77.9 Å². The first-order chi connectivity index (χ1) is 18.5. The molecule has 202 valence electrons. The lowest BCUT2D eigenvalue weighted by molar-refractivity contribution is 0.0734. The van der Waals surface area contributed by atoms with Crippen molar-refractivity contribution < 1.29 is 19.4 Å². The molecule has 38 heavy (non-hydrogen) atoms. The van der Waals surface area contributed by atoms with Crippen LogP contribution in [-0.2, 0) is 0 Å². The Bertz CT molecular complexity index is 1140. The Labute approximate surface area is 226 Å². The van der Waals surface area contributed by atoms with E-state index in [0.29, 0.717) is 17.9 Å². The number of azo groups is 1. The minimum Gasteiger partial charge on any atom is -0.505 e. The maximum absolute atomic E-state index is 12.5. The lowest BCUT2D eigenvalue weighted by Gasteiger charge is -2.08. The fraction of sp³-hybridized carbons (Fsp3) is 0.406. The summed E-state index contributed by atoms with van der Waals surface area (Å²) in [5.41, 5.74) is 2.50. The Kier molecular flexibility index (Phi) is 12.3. The quantitative estimate of drug-likeness (QED) is 0.0889. The molecule has 0 heterocycles. The molecule has 0 aliphatic heterocycles. The lowest BCUT2D eigenvalue weighted by atomic mass is 10.1. The SMILES string of the molecule is CCCCCCCCCCCCOc1ccc(C(=O)Oc2ccc(N=Nc3ccc(C)cc3)c(O)c2)cc1. The van der Waals surface area contributed by atoms with Gasteiger partial charge in [0.05, 0.1) is 17.9 Å². The molecule has 0 spiro atoms. The van der Waals surface area contributed by atoms with Crippen LogP contribution in [0.25, 0.3) is 0 Å². The summed E-state index contributed by atoms with van der Waals surface area (Å²) in [6.45, 7) is 4.92. The molecule has 0 aliphatic rings. The van der Waals surface area contributed by atoms with Gasteiger partial charge in [-0.2, -0.15) is 5.11 Å². The molecule has 0 aromatic heterocycles. The first-order valence-corrected chi connectivity index (χ1v) is 13.8. The number of hydrogen-bond donors (Lipinski definition) is 1. The number of phenols is 1. The molecule has 0 aliphatic carbocycles. The zero-order chi connectivity index (χ0) is 27.0. The van der Waals surface area contributed by atoms with Gasteiger partial charge in [-0.15, -0.1) is 5.11 Å². The summed E-state index contributed by atoms with van der Waals surface area (Å²) in [4.78, 5) is 12.5. The van der Waals surface area contributed by atoms with Gasteiger partial charge in [0.25, 0.3) is 0 Å². The van der Waals surface area contributed by atoms with Gasteiger partial charge in [0.15, 0.2) is 0 Å². The minimum absolute atomic E-state index is 0.123. The number of hydrogen-bond acceptors (Lipinski definition) is 6. The minimum atomic E-state index is -0.514. The average molecular weight is 517 g/mol. The van der Waals surface area contributed by atoms with Gasteiger partial charge in [-0.25, -0.2) is 4.79 Å². The van der Waals surface area contributed by atoms with Crippen molar-refractivity contribution in [3.8, 4) is 17.2 Å². The Morgan fingerprint density at radius 2 is 1.34 bits per heavy atom. The fourth-order valence-electron chi connectivity index (χ4n) is 4.01. The van der Waals surface area contributed by atoms with Gasteiger partial charge < -0.3 is 14.6 Å². The van der Waals surface area contributed by atoms with Crippen LogP contribution < -0.4 is 9.47 Å². The molecule has 0 atom stereocenters. The number of carbonyl (C=O) groups excluding carboxylic acids is 1. The Morgan fingerprint density at radius 3 is 1.97 bits per heavy atom. The van der Waals surface area contributed by atoms with Gasteiger partial charge in [0.1, 0.15) is 22.9 Å².